The number of alkyl carbamates (subject to hydrolysis) is 1. The molecule has 298 valence electrons. The number of nitrogens with zero attached hydrogens (tertiary/aromatic N) is 2. The quantitative estimate of drug-likeness (QED) is 0.224. The molecule has 56 heavy (non-hydrogen) atoms. The van der Waals surface area contributed by atoms with E-state index < -0.39 is 74.3 Å². The maximum Gasteiger partial charge on any atom is 0.408 e. The van der Waals surface area contributed by atoms with Crippen molar-refractivity contribution in [2.75, 3.05) is 6.54 Å². The van der Waals surface area contributed by atoms with Crippen molar-refractivity contribution in [3.63, 3.8) is 0 Å². The van der Waals surface area contributed by atoms with Gasteiger partial charge in [-0.15, -0.1) is 0 Å². The lowest BCUT2D eigenvalue weighted by atomic mass is 10.0. The Labute approximate surface area is 326 Å². The first-order valence-corrected chi connectivity index (χ1v) is 20.9. The fourth-order valence-corrected chi connectivity index (χ4v) is 8.79. The van der Waals surface area contributed by atoms with Crippen molar-refractivity contribution in [2.24, 2.45) is 11.1 Å². The topological polar surface area (TPSA) is 186 Å². The summed E-state index contributed by atoms with van der Waals surface area (Å²) in [7, 11) is -3.90. The molecule has 15 heteroatoms. The zero-order valence-electron chi connectivity index (χ0n) is 31.9. The number of hydrogen-bond acceptors (Lipinski definition) is 10. The number of carbonyl (C=O) groups is 4. The van der Waals surface area contributed by atoms with Crippen LogP contribution in [0.25, 0.3) is 22.1 Å². The summed E-state index contributed by atoms with van der Waals surface area (Å²) in [4.78, 5) is 63.3. The Bertz CT molecular complexity index is 2200. The second-order valence-electron chi connectivity index (χ2n) is 16.1. The number of sulfonamides is 1. The van der Waals surface area contributed by atoms with Crippen LogP contribution in [0.4, 0.5) is 4.79 Å². The highest BCUT2D eigenvalue weighted by Gasteiger charge is 2.62. The molecule has 1 saturated heterocycles. The Morgan fingerprint density at radius 1 is 1.00 bits per heavy atom. The summed E-state index contributed by atoms with van der Waals surface area (Å²) in [6.45, 7) is 5.13. The van der Waals surface area contributed by atoms with Crippen molar-refractivity contribution in [3.8, 4) is 11.1 Å². The Balaban J connectivity index is 1.22. The van der Waals surface area contributed by atoms with Gasteiger partial charge in [-0.05, 0) is 77.0 Å². The highest BCUT2D eigenvalue weighted by molar-refractivity contribution is 7.91. The average Bonchev–Trinajstić information content (AvgIpc) is 4.08. The fraction of sp³-hybridized carbons (Fsp3) is 0.488. The molecule has 7 rings (SSSR count). The van der Waals surface area contributed by atoms with Crippen LogP contribution < -0.4 is 20.7 Å². The zero-order valence-corrected chi connectivity index (χ0v) is 32.7. The van der Waals surface area contributed by atoms with Crippen molar-refractivity contribution < 1.29 is 41.6 Å². The average molecular weight is 788 g/mol. The second-order valence-corrected chi connectivity index (χ2v) is 18.1. The first kappa shape index (κ1) is 39.1. The number of nitrogens with one attached hydrogen (secondary N) is 3. The van der Waals surface area contributed by atoms with E-state index in [2.05, 4.69) is 20.5 Å². The molecule has 14 nitrogen and oxygen atoms in total. The van der Waals surface area contributed by atoms with Crippen molar-refractivity contribution in [1.82, 2.24) is 20.3 Å². The Morgan fingerprint density at radius 3 is 2.50 bits per heavy atom. The minimum atomic E-state index is -3.90. The summed E-state index contributed by atoms with van der Waals surface area (Å²) in [6.07, 6.45) is 8.17. The summed E-state index contributed by atoms with van der Waals surface area (Å²) in [6, 6.07) is 14.8. The molecule has 3 heterocycles. The summed E-state index contributed by atoms with van der Waals surface area (Å²) in [5, 5.41) is 10.8. The molecule has 5 atom stereocenters. The number of hydrogen-bond donors (Lipinski definition) is 3. The van der Waals surface area contributed by atoms with Gasteiger partial charge in [-0.1, -0.05) is 72.6 Å². The molecular formula is C41H49N5O9S. The molecular weight excluding hydrogens is 739 g/mol. The van der Waals surface area contributed by atoms with Crippen LogP contribution >= 0.6 is 0 Å². The lowest BCUT2D eigenvalue weighted by Gasteiger charge is -2.30. The van der Waals surface area contributed by atoms with E-state index in [1.807, 2.05) is 66.7 Å². The molecule has 4 aliphatic rings. The van der Waals surface area contributed by atoms with E-state index in [9.17, 15) is 27.6 Å². The maximum atomic E-state index is 14.5. The highest BCUT2D eigenvalue weighted by Crippen LogP contribution is 2.46. The number of amides is 4. The number of fused-ring (bicyclic) bond motifs is 3. The smallest absolute Gasteiger partial charge is 0.408 e. The number of carbonyl (C=O) groups excluding carboxylic acids is 4. The lowest BCUT2D eigenvalue weighted by molar-refractivity contribution is -0.141. The van der Waals surface area contributed by atoms with Gasteiger partial charge in [0, 0.05) is 23.3 Å². The first-order valence-electron chi connectivity index (χ1n) is 19.3. The normalized spacial score (nSPS) is 26.8. The molecule has 2 saturated carbocycles. The summed E-state index contributed by atoms with van der Waals surface area (Å²) >= 11 is 0. The van der Waals surface area contributed by atoms with Crippen LogP contribution in [-0.2, 0) is 34.0 Å². The van der Waals surface area contributed by atoms with Crippen LogP contribution in [0.1, 0.15) is 78.6 Å². The van der Waals surface area contributed by atoms with Gasteiger partial charge in [0.1, 0.15) is 46.5 Å². The van der Waals surface area contributed by atoms with Gasteiger partial charge in [0.25, 0.3) is 5.91 Å². The molecule has 2 aliphatic heterocycles. The molecule has 3 fully saturated rings. The van der Waals surface area contributed by atoms with Crippen molar-refractivity contribution >= 4 is 44.8 Å². The monoisotopic (exact) mass is 787 g/mol. The number of benzene rings is 2. The van der Waals surface area contributed by atoms with Crippen molar-refractivity contribution in [2.45, 2.75) is 113 Å². The van der Waals surface area contributed by atoms with Crippen molar-refractivity contribution in [1.29, 1.82) is 0 Å². The molecule has 3 aromatic rings. The number of ether oxygens (including phenoxy) is 1. The lowest BCUT2D eigenvalue weighted by Crippen LogP contribution is -2.58. The molecule has 0 spiro atoms. The standard InChI is InChI=1S/C41H49N5O9S/c1-40(2,3)54-39(50)42-32-18-11-6-4-5-10-16-27-23-41(27,38(49)45-56(51,52)29-20-21-29)43-36(47)33-22-28(24-46(33)37(32)48)55-44-35-30-17-12-13-19-34(30)53-25-31(35)26-14-8-7-9-15-26/h7-10,12-17,19,25,27-29,32-33H,4-6,11,18,20-24H2,1-3H3,(H,42,50)(H,43,47)(H,45,49)/b16-10-,44-35+/t27-,28-,32+,33+,41+/m1/s1. The highest BCUT2D eigenvalue weighted by atomic mass is 32.2. The summed E-state index contributed by atoms with van der Waals surface area (Å²) in [5.74, 6) is -2.38. The van der Waals surface area contributed by atoms with E-state index >= 15 is 0 Å². The molecule has 0 radical (unpaired) electrons. The molecule has 2 aromatic carbocycles. The molecule has 2 aliphatic carbocycles. The van der Waals surface area contributed by atoms with Crippen LogP contribution in [0.5, 0.6) is 0 Å². The third-order valence-corrected chi connectivity index (χ3v) is 12.4. The number of allylic oxidation sites excluding steroid dienone is 1. The van der Waals surface area contributed by atoms with E-state index in [0.29, 0.717) is 54.0 Å². The van der Waals surface area contributed by atoms with Gasteiger partial charge in [-0.3, -0.25) is 19.1 Å². The van der Waals surface area contributed by atoms with Crippen LogP contribution in [0.2, 0.25) is 0 Å². The van der Waals surface area contributed by atoms with Crippen LogP contribution in [0, 0.1) is 5.92 Å². The van der Waals surface area contributed by atoms with E-state index in [-0.39, 0.29) is 19.4 Å². The van der Waals surface area contributed by atoms with Gasteiger partial charge < -0.3 is 29.5 Å². The van der Waals surface area contributed by atoms with Gasteiger partial charge in [0.15, 0.2) is 0 Å². The Hall–Kier alpha value is -5.18. The third kappa shape index (κ3) is 8.77. The van der Waals surface area contributed by atoms with Gasteiger partial charge >= 0.3 is 6.09 Å². The van der Waals surface area contributed by atoms with Gasteiger partial charge in [-0.2, -0.15) is 0 Å². The molecule has 3 N–H and O–H groups in total. The molecule has 0 unspecified atom stereocenters. The van der Waals surface area contributed by atoms with Crippen LogP contribution in [0.3, 0.4) is 0 Å². The third-order valence-electron chi connectivity index (χ3n) is 10.6. The molecule has 1 aromatic heterocycles. The summed E-state index contributed by atoms with van der Waals surface area (Å²) in [5.41, 5.74) is -0.228. The minimum absolute atomic E-state index is 0.00855. The van der Waals surface area contributed by atoms with Crippen LogP contribution in [0.15, 0.2) is 82.6 Å². The van der Waals surface area contributed by atoms with Gasteiger partial charge in [0.2, 0.25) is 21.8 Å². The first-order chi connectivity index (χ1) is 26.7. The Morgan fingerprint density at radius 2 is 1.75 bits per heavy atom. The predicted molar refractivity (Wildman–Crippen MR) is 207 cm³/mol. The largest absolute Gasteiger partial charge is 0.464 e. The molecule has 0 bridgehead atoms. The van der Waals surface area contributed by atoms with E-state index in [1.54, 1.807) is 27.0 Å². The number of para-hydroxylation sites is 1. The fourth-order valence-electron chi connectivity index (χ4n) is 7.42. The summed E-state index contributed by atoms with van der Waals surface area (Å²) < 4.78 is 39.4. The second kappa shape index (κ2) is 15.8. The SMILES string of the molecule is CC(C)(C)OC(=O)N[C@H]1CCCCC/C=C\[C@@H]2C[C@]2(C(=O)NS(=O)(=O)C2CC2)NC(=O)[C@@H]2C[C@@H](O/N=c3/c(-c4ccccc4)coc4ccccc34)CN2C1=O. The zero-order chi connectivity index (χ0) is 39.7. The Kier molecular flexibility index (Phi) is 11.0. The minimum Gasteiger partial charge on any atom is -0.464 e. The maximum absolute atomic E-state index is 14.5. The van der Waals surface area contributed by atoms with E-state index in [1.165, 1.54) is 4.90 Å². The van der Waals surface area contributed by atoms with Crippen LogP contribution in [-0.4, -0.2) is 78.3 Å². The number of rotatable bonds is 7. The predicted octanol–water partition coefficient (Wildman–Crippen LogP) is 4.80. The van der Waals surface area contributed by atoms with Gasteiger partial charge in [-0.25, -0.2) is 13.2 Å². The molecule has 4 amide bonds. The van der Waals surface area contributed by atoms with E-state index in [4.69, 9.17) is 14.0 Å². The van der Waals surface area contributed by atoms with Gasteiger partial charge in [0.05, 0.1) is 11.8 Å². The van der Waals surface area contributed by atoms with Crippen molar-refractivity contribution in [3.05, 3.63) is 78.4 Å². The van der Waals surface area contributed by atoms with E-state index in [0.717, 1.165) is 18.4 Å².